The van der Waals surface area contributed by atoms with Crippen LogP contribution < -0.4 is 4.90 Å². The van der Waals surface area contributed by atoms with Gasteiger partial charge in [0, 0.05) is 100.0 Å². The number of aliphatic hydroxyl groups is 2. The SMILES string of the molecule is CCN1C[C@]2(OC(=O)c3ccccc3CS(=O)(=O)c3cccc4c(N(C)C)cccc34)CC[C@H](OC)[C@@]34C2CC([C@@H]13)[C@@]1(O)C[C@H](OC)[C@H]2CC4[C@]1(O)[C@H]2OC. The summed E-state index contributed by atoms with van der Waals surface area (Å²) >= 11 is 0. The lowest BCUT2D eigenvalue weighted by Crippen LogP contribution is -2.83. The lowest BCUT2D eigenvalue weighted by atomic mass is 9.44. The van der Waals surface area contributed by atoms with Crippen molar-refractivity contribution in [3.8, 4) is 0 Å². The van der Waals surface area contributed by atoms with Crippen molar-refractivity contribution in [2.45, 2.75) is 90.8 Å². The fourth-order valence-corrected chi connectivity index (χ4v) is 15.3. The topological polar surface area (TPSA) is 135 Å². The van der Waals surface area contributed by atoms with Crippen LogP contribution in [0.5, 0.6) is 0 Å². The number of esters is 1. The number of ether oxygens (including phenoxy) is 4. The minimum Gasteiger partial charge on any atom is -0.454 e. The molecule has 6 fully saturated rings. The van der Waals surface area contributed by atoms with Gasteiger partial charge >= 0.3 is 5.97 Å². The number of hydrogen-bond donors (Lipinski definition) is 2. The summed E-state index contributed by atoms with van der Waals surface area (Å²) in [6, 6.07) is 17.7. The third-order valence-electron chi connectivity index (χ3n) is 15.4. The number of nitrogens with zero attached hydrogens (tertiary/aromatic N) is 2. The van der Waals surface area contributed by atoms with E-state index in [-0.39, 0.29) is 52.2 Å². The molecule has 7 bridgehead atoms. The highest BCUT2D eigenvalue weighted by atomic mass is 32.2. The Balaban J connectivity index is 1.10. The molecule has 12 heteroatoms. The summed E-state index contributed by atoms with van der Waals surface area (Å²) in [4.78, 5) is 19.3. The Morgan fingerprint density at radius 3 is 2.38 bits per heavy atom. The molecule has 1 spiro atoms. The number of hydrogen-bond acceptors (Lipinski definition) is 11. The lowest BCUT2D eigenvalue weighted by molar-refractivity contribution is -0.337. The molecule has 12 atom stereocenters. The molecule has 1 aliphatic heterocycles. The Morgan fingerprint density at radius 2 is 1.67 bits per heavy atom. The maximum atomic E-state index is 14.7. The smallest absolute Gasteiger partial charge is 0.339 e. The van der Waals surface area contributed by atoms with Gasteiger partial charge in [0.2, 0.25) is 0 Å². The molecule has 1 heterocycles. The summed E-state index contributed by atoms with van der Waals surface area (Å²) in [5.74, 6) is -1.98. The third-order valence-corrected chi connectivity index (χ3v) is 17.2. The van der Waals surface area contributed by atoms with E-state index in [1.807, 2.05) is 43.3 Å². The molecule has 5 aliphatic carbocycles. The Bertz CT molecular complexity index is 2150. The summed E-state index contributed by atoms with van der Waals surface area (Å²) in [5.41, 5.74) is -3.09. The van der Waals surface area contributed by atoms with Gasteiger partial charge in [0.1, 0.15) is 16.8 Å². The molecule has 0 aromatic heterocycles. The van der Waals surface area contributed by atoms with Crippen molar-refractivity contribution >= 4 is 32.3 Å². The van der Waals surface area contributed by atoms with Crippen molar-refractivity contribution in [1.29, 1.82) is 0 Å². The molecule has 2 N–H and O–H groups in total. The van der Waals surface area contributed by atoms with E-state index >= 15 is 0 Å². The molecule has 3 aromatic carbocycles. The quantitative estimate of drug-likeness (QED) is 0.283. The van der Waals surface area contributed by atoms with Gasteiger partial charge in [-0.1, -0.05) is 49.4 Å². The van der Waals surface area contributed by atoms with E-state index in [4.69, 9.17) is 18.9 Å². The summed E-state index contributed by atoms with van der Waals surface area (Å²) < 4.78 is 54.0. The van der Waals surface area contributed by atoms with Gasteiger partial charge in [-0.2, -0.15) is 0 Å². The molecule has 0 amide bonds. The van der Waals surface area contributed by atoms with E-state index < -0.39 is 50.0 Å². The van der Waals surface area contributed by atoms with Crippen LogP contribution in [-0.2, 0) is 34.5 Å². The van der Waals surface area contributed by atoms with Gasteiger partial charge in [-0.3, -0.25) is 4.90 Å². The summed E-state index contributed by atoms with van der Waals surface area (Å²) in [6.45, 7) is 3.24. The van der Waals surface area contributed by atoms with Crippen molar-refractivity contribution in [2.24, 2.45) is 29.1 Å². The number of piperidine rings is 1. The van der Waals surface area contributed by atoms with E-state index in [1.54, 1.807) is 57.7 Å². The average molecular weight is 775 g/mol. The Labute approximate surface area is 323 Å². The zero-order chi connectivity index (χ0) is 38.9. The first-order valence-electron chi connectivity index (χ1n) is 19.8. The lowest BCUT2D eigenvalue weighted by Gasteiger charge is -2.70. The number of rotatable bonds is 10. The standard InChI is InChI=1S/C43H54N2O9S/c1-7-45-24-40(54-39(46)26-13-9-8-12-25(26)23-55(49,50)33-17-11-14-27-28(33)15-10-16-31(27)44(2)3)19-18-36(52-5)42-34(40)21-30(37(42)45)41(47)22-32(51-4)29-20-35(42)43(41,48)38(29)53-6/h8-17,29-30,32,34-38,47-48H,7,18-24H2,1-6H3/t29-,30?,32+,34?,35?,36+,37-,38+,40-,41+,42+,43+/m1/s1. The number of methoxy groups -OCH3 is 3. The van der Waals surface area contributed by atoms with E-state index in [1.165, 1.54) is 0 Å². The Hall–Kier alpha value is -3.10. The van der Waals surface area contributed by atoms with Gasteiger partial charge in [0.25, 0.3) is 0 Å². The predicted molar refractivity (Wildman–Crippen MR) is 207 cm³/mol. The molecule has 3 unspecified atom stereocenters. The van der Waals surface area contributed by atoms with E-state index in [9.17, 15) is 23.4 Å². The second-order valence-corrected chi connectivity index (χ2v) is 19.4. The molecule has 11 nitrogen and oxygen atoms in total. The van der Waals surface area contributed by atoms with E-state index in [0.717, 1.165) is 11.1 Å². The molecular formula is C43H54N2O9S. The second kappa shape index (κ2) is 12.7. The number of carbonyl (C=O) groups is 1. The first-order valence-corrected chi connectivity index (χ1v) is 21.4. The highest BCUT2D eigenvalue weighted by molar-refractivity contribution is 7.90. The van der Waals surface area contributed by atoms with Gasteiger partial charge in [0.05, 0.1) is 34.5 Å². The maximum Gasteiger partial charge on any atom is 0.339 e. The number of benzene rings is 3. The van der Waals surface area contributed by atoms with Crippen molar-refractivity contribution in [3.05, 3.63) is 71.8 Å². The molecule has 6 aliphatic rings. The van der Waals surface area contributed by atoms with Crippen LogP contribution in [0.4, 0.5) is 5.69 Å². The molecule has 55 heavy (non-hydrogen) atoms. The van der Waals surface area contributed by atoms with Crippen LogP contribution in [0.3, 0.4) is 0 Å². The maximum absolute atomic E-state index is 14.7. The summed E-state index contributed by atoms with van der Waals surface area (Å²) in [5, 5.41) is 27.6. The second-order valence-electron chi connectivity index (χ2n) is 17.4. The number of carbonyl (C=O) groups excluding carboxylic acids is 1. The average Bonchev–Trinajstić information content (AvgIpc) is 3.60. The van der Waals surface area contributed by atoms with E-state index in [2.05, 4.69) is 11.8 Å². The fourth-order valence-electron chi connectivity index (χ4n) is 13.7. The summed E-state index contributed by atoms with van der Waals surface area (Å²) in [6.07, 6.45) is 1.50. The van der Waals surface area contributed by atoms with Crippen LogP contribution in [0.1, 0.15) is 54.9 Å². The minimum atomic E-state index is -3.91. The van der Waals surface area contributed by atoms with Gasteiger partial charge in [-0.25, -0.2) is 13.2 Å². The zero-order valence-electron chi connectivity index (χ0n) is 32.6. The monoisotopic (exact) mass is 774 g/mol. The fraction of sp³-hybridized carbons (Fsp3) is 0.605. The number of fused-ring (bicyclic) bond motifs is 3. The van der Waals surface area contributed by atoms with Crippen molar-refractivity contribution in [2.75, 3.05) is 53.4 Å². The normalized spacial score (nSPS) is 40.0. The molecule has 296 valence electrons. The van der Waals surface area contributed by atoms with E-state index in [0.29, 0.717) is 56.1 Å². The van der Waals surface area contributed by atoms with Crippen molar-refractivity contribution < 1.29 is 42.4 Å². The van der Waals surface area contributed by atoms with Crippen molar-refractivity contribution in [3.63, 3.8) is 0 Å². The molecule has 0 radical (unpaired) electrons. The van der Waals surface area contributed by atoms with Crippen molar-refractivity contribution in [1.82, 2.24) is 4.90 Å². The molecule has 1 saturated heterocycles. The predicted octanol–water partition coefficient (Wildman–Crippen LogP) is 4.46. The highest BCUT2D eigenvalue weighted by Crippen LogP contribution is 2.79. The van der Waals surface area contributed by atoms with Crippen LogP contribution in [0.25, 0.3) is 10.8 Å². The Morgan fingerprint density at radius 1 is 0.927 bits per heavy atom. The number of sulfone groups is 1. The van der Waals surface area contributed by atoms with Gasteiger partial charge in [0.15, 0.2) is 9.84 Å². The molecule has 5 saturated carbocycles. The largest absolute Gasteiger partial charge is 0.454 e. The third kappa shape index (κ3) is 4.70. The van der Waals surface area contributed by atoms with Crippen LogP contribution in [0, 0.1) is 29.1 Å². The first kappa shape index (κ1) is 37.5. The molecule has 9 rings (SSSR count). The zero-order valence-corrected chi connectivity index (χ0v) is 33.4. The van der Waals surface area contributed by atoms with Crippen LogP contribution >= 0.6 is 0 Å². The number of likely N-dealkylation sites (N-methyl/N-ethyl adjacent to an activating group) is 1. The van der Waals surface area contributed by atoms with Gasteiger partial charge < -0.3 is 34.1 Å². The minimum absolute atomic E-state index is 0.104. The Kier molecular flexibility index (Phi) is 8.65. The first-order chi connectivity index (χ1) is 26.3. The summed E-state index contributed by atoms with van der Waals surface area (Å²) in [7, 11) is 4.98. The number of anilines is 1. The number of likely N-dealkylation sites (tertiary alicyclic amines) is 1. The van der Waals surface area contributed by atoms with Crippen LogP contribution in [-0.4, -0.2) is 119 Å². The van der Waals surface area contributed by atoms with Crippen LogP contribution in [0.2, 0.25) is 0 Å². The van der Waals surface area contributed by atoms with Crippen LogP contribution in [0.15, 0.2) is 65.6 Å². The molecular weight excluding hydrogens is 721 g/mol. The van der Waals surface area contributed by atoms with Gasteiger partial charge in [-0.15, -0.1) is 0 Å². The van der Waals surface area contributed by atoms with Gasteiger partial charge in [-0.05, 0) is 56.0 Å². The molecule has 3 aromatic rings. The highest BCUT2D eigenvalue weighted by Gasteiger charge is 2.89.